The van der Waals surface area contributed by atoms with Crippen molar-refractivity contribution in [2.24, 2.45) is 0 Å². The first-order valence-corrected chi connectivity index (χ1v) is 7.35. The van der Waals surface area contributed by atoms with Gasteiger partial charge in [0.15, 0.2) is 0 Å². The lowest BCUT2D eigenvalue weighted by molar-refractivity contribution is 0.252. The summed E-state index contributed by atoms with van der Waals surface area (Å²) in [5.74, 6) is 0. The molecule has 4 heteroatoms. The second-order valence-electron chi connectivity index (χ2n) is 4.32. The first-order valence-electron chi connectivity index (χ1n) is 5.77. The fourth-order valence-corrected chi connectivity index (χ4v) is 2.96. The van der Waals surface area contributed by atoms with Crippen LogP contribution >= 0.6 is 31.9 Å². The first-order chi connectivity index (χ1) is 8.20. The fraction of sp³-hybridized carbons (Fsp3) is 0.462. The largest absolute Gasteiger partial charge is 0.299 e. The summed E-state index contributed by atoms with van der Waals surface area (Å²) in [4.78, 5) is 2.43. The Hall–Kier alpha value is -0.370. The molecule has 1 aromatic carbocycles. The zero-order valence-corrected chi connectivity index (χ0v) is 12.7. The molecule has 0 amide bonds. The van der Waals surface area contributed by atoms with Gasteiger partial charge in [0.25, 0.3) is 0 Å². The SMILES string of the molecule is N#CCCCN1CCc2cc(Br)c(Br)cc2C1. The van der Waals surface area contributed by atoms with Crippen molar-refractivity contribution >= 4 is 31.9 Å². The van der Waals surface area contributed by atoms with E-state index in [9.17, 15) is 0 Å². The molecule has 0 saturated carbocycles. The molecule has 0 spiro atoms. The van der Waals surface area contributed by atoms with E-state index in [1.54, 1.807) is 0 Å². The van der Waals surface area contributed by atoms with E-state index in [1.165, 1.54) is 11.1 Å². The van der Waals surface area contributed by atoms with E-state index in [0.29, 0.717) is 6.42 Å². The number of hydrogen-bond acceptors (Lipinski definition) is 2. The number of benzene rings is 1. The Morgan fingerprint density at radius 1 is 1.24 bits per heavy atom. The predicted molar refractivity (Wildman–Crippen MR) is 75.7 cm³/mol. The number of rotatable bonds is 3. The van der Waals surface area contributed by atoms with Crippen molar-refractivity contribution in [3.05, 3.63) is 32.2 Å². The van der Waals surface area contributed by atoms with Crippen molar-refractivity contribution in [1.82, 2.24) is 4.90 Å². The van der Waals surface area contributed by atoms with Gasteiger partial charge >= 0.3 is 0 Å². The Morgan fingerprint density at radius 3 is 2.65 bits per heavy atom. The minimum absolute atomic E-state index is 0.660. The number of halogens is 2. The summed E-state index contributed by atoms with van der Waals surface area (Å²) in [7, 11) is 0. The minimum atomic E-state index is 0.660. The van der Waals surface area contributed by atoms with Crippen LogP contribution in [0.3, 0.4) is 0 Å². The smallest absolute Gasteiger partial charge is 0.0622 e. The second kappa shape index (κ2) is 5.99. The highest BCUT2D eigenvalue weighted by Gasteiger charge is 2.17. The average molecular weight is 358 g/mol. The Morgan fingerprint density at radius 2 is 1.94 bits per heavy atom. The molecule has 0 radical (unpaired) electrons. The Kier molecular flexibility index (Phi) is 4.61. The molecule has 2 rings (SSSR count). The van der Waals surface area contributed by atoms with Crippen molar-refractivity contribution in [2.75, 3.05) is 13.1 Å². The van der Waals surface area contributed by atoms with Crippen molar-refractivity contribution in [1.29, 1.82) is 5.26 Å². The summed E-state index contributed by atoms with van der Waals surface area (Å²) >= 11 is 7.09. The van der Waals surface area contributed by atoms with E-state index in [-0.39, 0.29) is 0 Å². The van der Waals surface area contributed by atoms with Crippen LogP contribution in [0.15, 0.2) is 21.1 Å². The average Bonchev–Trinajstić information content (AvgIpc) is 2.31. The number of fused-ring (bicyclic) bond motifs is 1. The molecule has 0 N–H and O–H groups in total. The molecule has 0 atom stereocenters. The van der Waals surface area contributed by atoms with Crippen LogP contribution in [0.1, 0.15) is 24.0 Å². The number of hydrogen-bond donors (Lipinski definition) is 0. The maximum atomic E-state index is 8.54. The van der Waals surface area contributed by atoms with Gasteiger partial charge < -0.3 is 0 Å². The molecule has 0 aliphatic carbocycles. The molecule has 0 unspecified atom stereocenters. The van der Waals surface area contributed by atoms with Crippen LogP contribution in [0, 0.1) is 11.3 Å². The number of nitrogens with zero attached hydrogens (tertiary/aromatic N) is 2. The van der Waals surface area contributed by atoms with Crippen molar-refractivity contribution < 1.29 is 0 Å². The number of unbranched alkanes of at least 4 members (excludes halogenated alkanes) is 1. The molecule has 17 heavy (non-hydrogen) atoms. The summed E-state index contributed by atoms with van der Waals surface area (Å²) in [6.07, 6.45) is 2.74. The lowest BCUT2D eigenvalue weighted by Gasteiger charge is -2.28. The summed E-state index contributed by atoms with van der Waals surface area (Å²) in [6, 6.07) is 6.62. The Labute approximate surface area is 119 Å². The lowest BCUT2D eigenvalue weighted by Crippen LogP contribution is -2.31. The van der Waals surface area contributed by atoms with Gasteiger partial charge in [-0.2, -0.15) is 5.26 Å². The molecule has 1 heterocycles. The van der Waals surface area contributed by atoms with Gasteiger partial charge in [-0.1, -0.05) is 0 Å². The van der Waals surface area contributed by atoms with Gasteiger partial charge in [0.2, 0.25) is 0 Å². The fourth-order valence-electron chi connectivity index (χ4n) is 2.18. The third-order valence-electron chi connectivity index (χ3n) is 3.10. The van der Waals surface area contributed by atoms with Crippen LogP contribution in [-0.2, 0) is 13.0 Å². The molecule has 0 fully saturated rings. The normalized spacial score (nSPS) is 15.4. The monoisotopic (exact) mass is 356 g/mol. The first kappa shape index (κ1) is 13.1. The van der Waals surface area contributed by atoms with E-state index in [0.717, 1.165) is 41.4 Å². The van der Waals surface area contributed by atoms with Crippen LogP contribution in [0.4, 0.5) is 0 Å². The van der Waals surface area contributed by atoms with Gasteiger partial charge in [-0.15, -0.1) is 0 Å². The molecule has 2 nitrogen and oxygen atoms in total. The second-order valence-corrected chi connectivity index (χ2v) is 6.03. The summed E-state index contributed by atoms with van der Waals surface area (Å²) in [6.45, 7) is 3.14. The quantitative estimate of drug-likeness (QED) is 0.767. The topological polar surface area (TPSA) is 27.0 Å². The summed E-state index contributed by atoms with van der Waals surface area (Å²) in [5.41, 5.74) is 2.85. The Bertz CT molecular complexity index is 451. The highest BCUT2D eigenvalue weighted by molar-refractivity contribution is 9.13. The lowest BCUT2D eigenvalue weighted by atomic mass is 10.00. The third-order valence-corrected chi connectivity index (χ3v) is 4.94. The van der Waals surface area contributed by atoms with Crippen molar-refractivity contribution in [3.8, 4) is 6.07 Å². The van der Waals surface area contributed by atoms with E-state index >= 15 is 0 Å². The van der Waals surface area contributed by atoms with E-state index in [2.05, 4.69) is 55.0 Å². The molecule has 0 aromatic heterocycles. The zero-order chi connectivity index (χ0) is 12.3. The van der Waals surface area contributed by atoms with Crippen LogP contribution in [0.5, 0.6) is 0 Å². The summed E-state index contributed by atoms with van der Waals surface area (Å²) < 4.78 is 2.25. The van der Waals surface area contributed by atoms with E-state index < -0.39 is 0 Å². The van der Waals surface area contributed by atoms with Crippen LogP contribution in [-0.4, -0.2) is 18.0 Å². The maximum absolute atomic E-state index is 8.54. The van der Waals surface area contributed by atoms with Gasteiger partial charge in [0.1, 0.15) is 0 Å². The minimum Gasteiger partial charge on any atom is -0.299 e. The number of nitriles is 1. The zero-order valence-electron chi connectivity index (χ0n) is 9.55. The summed E-state index contributed by atoms with van der Waals surface area (Å²) in [5, 5.41) is 8.54. The third kappa shape index (κ3) is 3.31. The maximum Gasteiger partial charge on any atom is 0.0622 e. The van der Waals surface area contributed by atoms with Gasteiger partial charge in [0.05, 0.1) is 6.07 Å². The standard InChI is InChI=1S/C13H14Br2N2/c14-12-7-10-3-6-17(5-2-1-4-16)9-11(10)8-13(12)15/h7-8H,1-3,5-6,9H2. The van der Waals surface area contributed by atoms with Gasteiger partial charge in [-0.05, 0) is 74.5 Å². The molecule has 1 aromatic rings. The molecule has 0 saturated heterocycles. The van der Waals surface area contributed by atoms with E-state index in [1.807, 2.05) is 0 Å². The Balaban J connectivity index is 2.03. The molecule has 90 valence electrons. The molecule has 1 aliphatic rings. The van der Waals surface area contributed by atoms with Gasteiger partial charge in [0, 0.05) is 28.5 Å². The van der Waals surface area contributed by atoms with Crippen LogP contribution in [0.2, 0.25) is 0 Å². The predicted octanol–water partition coefficient (Wildman–Crippen LogP) is 3.87. The highest BCUT2D eigenvalue weighted by atomic mass is 79.9. The highest BCUT2D eigenvalue weighted by Crippen LogP contribution is 2.30. The molecular formula is C13H14Br2N2. The van der Waals surface area contributed by atoms with Crippen LogP contribution in [0.25, 0.3) is 0 Å². The van der Waals surface area contributed by atoms with Crippen molar-refractivity contribution in [3.63, 3.8) is 0 Å². The van der Waals surface area contributed by atoms with Gasteiger partial charge in [-0.3, -0.25) is 4.90 Å². The molecular weight excluding hydrogens is 344 g/mol. The van der Waals surface area contributed by atoms with Gasteiger partial charge in [-0.25, -0.2) is 0 Å². The molecule has 1 aliphatic heterocycles. The van der Waals surface area contributed by atoms with E-state index in [4.69, 9.17) is 5.26 Å². The van der Waals surface area contributed by atoms with Crippen molar-refractivity contribution in [2.45, 2.75) is 25.8 Å². The van der Waals surface area contributed by atoms with Crippen LogP contribution < -0.4 is 0 Å². The molecule has 0 bridgehead atoms.